The van der Waals surface area contributed by atoms with Crippen LogP contribution < -0.4 is 4.74 Å². The molecule has 1 aromatic carbocycles. The Bertz CT molecular complexity index is 363. The number of benzene rings is 1. The maximum Gasteiger partial charge on any atom is 0.263 e. The number of nitrogens with zero attached hydrogens (tertiary/aromatic N) is 1. The molecule has 2 N–H and O–H groups in total. The first kappa shape index (κ1) is 13.3. The molecule has 1 aromatic rings. The van der Waals surface area contributed by atoms with Crippen LogP contribution in [0.2, 0.25) is 0 Å². The van der Waals surface area contributed by atoms with Crippen molar-refractivity contribution in [1.82, 2.24) is 4.90 Å². The van der Waals surface area contributed by atoms with Crippen LogP contribution in [0.25, 0.3) is 0 Å². The van der Waals surface area contributed by atoms with Crippen LogP contribution in [-0.2, 0) is 4.79 Å². The Labute approximate surface area is 100 Å². The number of hydrogen-bond acceptors (Lipinski definition) is 4. The molecule has 0 bridgehead atoms. The zero-order valence-electron chi connectivity index (χ0n) is 9.96. The normalized spacial score (nSPS) is 11.9. The number of amides is 1. The van der Waals surface area contributed by atoms with Crippen LogP contribution in [0.15, 0.2) is 24.3 Å². The van der Waals surface area contributed by atoms with Gasteiger partial charge in [0.25, 0.3) is 5.91 Å². The van der Waals surface area contributed by atoms with Gasteiger partial charge in [0, 0.05) is 13.6 Å². The molecule has 0 aliphatic rings. The van der Waals surface area contributed by atoms with Crippen molar-refractivity contribution < 1.29 is 19.7 Å². The topological polar surface area (TPSA) is 70.0 Å². The molecule has 1 unspecified atom stereocenters. The molecule has 1 amide bonds. The molecule has 0 spiro atoms. The first-order chi connectivity index (χ1) is 8.04. The molecule has 0 fully saturated rings. The first-order valence-corrected chi connectivity index (χ1v) is 5.36. The number of aliphatic hydroxyl groups excluding tert-OH is 1. The fourth-order valence-corrected chi connectivity index (χ4v) is 1.35. The summed E-state index contributed by atoms with van der Waals surface area (Å²) in [6.45, 7) is 1.85. The van der Waals surface area contributed by atoms with Gasteiger partial charge in [-0.1, -0.05) is 0 Å². The summed E-state index contributed by atoms with van der Waals surface area (Å²) in [5.41, 5.74) is 0. The van der Waals surface area contributed by atoms with Gasteiger partial charge in [-0.15, -0.1) is 0 Å². The molecule has 17 heavy (non-hydrogen) atoms. The van der Waals surface area contributed by atoms with E-state index in [1.165, 1.54) is 17.0 Å². The molecular weight excluding hydrogens is 222 g/mol. The molecule has 0 aliphatic carbocycles. The SMILES string of the molecule is CC(Oc1ccc(O)cc1)C(=O)N(C)CCO. The van der Waals surface area contributed by atoms with E-state index in [0.29, 0.717) is 5.75 Å². The van der Waals surface area contributed by atoms with Gasteiger partial charge in [-0.2, -0.15) is 0 Å². The van der Waals surface area contributed by atoms with Crippen molar-refractivity contribution in [2.24, 2.45) is 0 Å². The van der Waals surface area contributed by atoms with Crippen molar-refractivity contribution in [3.63, 3.8) is 0 Å². The van der Waals surface area contributed by atoms with Crippen molar-refractivity contribution >= 4 is 5.91 Å². The summed E-state index contributed by atoms with van der Waals surface area (Å²) in [7, 11) is 1.61. The fraction of sp³-hybridized carbons (Fsp3) is 0.417. The molecule has 0 radical (unpaired) electrons. The van der Waals surface area contributed by atoms with Crippen molar-refractivity contribution in [3.8, 4) is 11.5 Å². The van der Waals surface area contributed by atoms with E-state index in [-0.39, 0.29) is 24.8 Å². The molecular formula is C12H17NO4. The van der Waals surface area contributed by atoms with Gasteiger partial charge >= 0.3 is 0 Å². The van der Waals surface area contributed by atoms with Crippen LogP contribution in [0.1, 0.15) is 6.92 Å². The van der Waals surface area contributed by atoms with Crippen LogP contribution in [0.3, 0.4) is 0 Å². The second kappa shape index (κ2) is 6.10. The number of hydrogen-bond donors (Lipinski definition) is 2. The van der Waals surface area contributed by atoms with Gasteiger partial charge < -0.3 is 19.8 Å². The molecule has 5 heteroatoms. The monoisotopic (exact) mass is 239 g/mol. The summed E-state index contributed by atoms with van der Waals surface area (Å²) in [4.78, 5) is 13.2. The summed E-state index contributed by atoms with van der Waals surface area (Å²) in [6, 6.07) is 6.16. The van der Waals surface area contributed by atoms with Gasteiger partial charge in [-0.3, -0.25) is 4.79 Å². The quantitative estimate of drug-likeness (QED) is 0.790. The van der Waals surface area contributed by atoms with E-state index in [4.69, 9.17) is 14.9 Å². The Kier molecular flexibility index (Phi) is 4.78. The van der Waals surface area contributed by atoms with Gasteiger partial charge in [0.1, 0.15) is 11.5 Å². The number of ether oxygens (including phenoxy) is 1. The van der Waals surface area contributed by atoms with E-state index in [1.807, 2.05) is 0 Å². The number of rotatable bonds is 5. The highest BCUT2D eigenvalue weighted by Gasteiger charge is 2.18. The second-order valence-corrected chi connectivity index (χ2v) is 3.74. The first-order valence-electron chi connectivity index (χ1n) is 5.36. The molecule has 1 rings (SSSR count). The molecule has 94 valence electrons. The molecule has 0 aromatic heterocycles. The molecule has 0 saturated carbocycles. The van der Waals surface area contributed by atoms with Gasteiger partial charge in [-0.25, -0.2) is 0 Å². The minimum atomic E-state index is -0.629. The van der Waals surface area contributed by atoms with E-state index in [9.17, 15) is 4.79 Å². The van der Waals surface area contributed by atoms with E-state index in [1.54, 1.807) is 26.1 Å². The van der Waals surface area contributed by atoms with Crippen LogP contribution in [0, 0.1) is 0 Å². The maximum absolute atomic E-state index is 11.7. The smallest absolute Gasteiger partial charge is 0.263 e. The third kappa shape index (κ3) is 3.96. The van der Waals surface area contributed by atoms with Gasteiger partial charge in [0.2, 0.25) is 0 Å². The minimum absolute atomic E-state index is 0.0752. The fourth-order valence-electron chi connectivity index (χ4n) is 1.35. The third-order valence-electron chi connectivity index (χ3n) is 2.31. The van der Waals surface area contributed by atoms with Crippen molar-refractivity contribution in [3.05, 3.63) is 24.3 Å². The number of phenols is 1. The summed E-state index contributed by atoms with van der Waals surface area (Å²) < 4.78 is 5.41. The highest BCUT2D eigenvalue weighted by atomic mass is 16.5. The summed E-state index contributed by atoms with van der Waals surface area (Å²) in [6.07, 6.45) is -0.629. The molecule has 5 nitrogen and oxygen atoms in total. The van der Waals surface area contributed by atoms with Gasteiger partial charge in [-0.05, 0) is 31.2 Å². The van der Waals surface area contributed by atoms with Crippen LogP contribution in [0.5, 0.6) is 11.5 Å². The maximum atomic E-state index is 11.7. The predicted octanol–water partition coefficient (Wildman–Crippen LogP) is 0.610. The number of aliphatic hydroxyl groups is 1. The van der Waals surface area contributed by atoms with Crippen LogP contribution >= 0.6 is 0 Å². The number of likely N-dealkylation sites (N-methyl/N-ethyl adjacent to an activating group) is 1. The lowest BCUT2D eigenvalue weighted by Crippen LogP contribution is -2.39. The number of phenolic OH excluding ortho intramolecular Hbond substituents is 1. The van der Waals surface area contributed by atoms with E-state index in [0.717, 1.165) is 0 Å². The lowest BCUT2D eigenvalue weighted by atomic mass is 10.3. The van der Waals surface area contributed by atoms with Gasteiger partial charge in [0.05, 0.1) is 6.61 Å². The molecule has 0 aliphatic heterocycles. The minimum Gasteiger partial charge on any atom is -0.508 e. The highest BCUT2D eigenvalue weighted by Crippen LogP contribution is 2.17. The van der Waals surface area contributed by atoms with E-state index >= 15 is 0 Å². The Hall–Kier alpha value is -1.75. The number of carbonyl (C=O) groups is 1. The Balaban J connectivity index is 2.56. The molecule has 0 heterocycles. The number of aromatic hydroxyl groups is 1. The van der Waals surface area contributed by atoms with Crippen LogP contribution in [-0.4, -0.2) is 47.3 Å². The summed E-state index contributed by atoms with van der Waals surface area (Å²) in [5.74, 6) is 0.460. The zero-order valence-corrected chi connectivity index (χ0v) is 9.96. The molecule has 1 atom stereocenters. The average Bonchev–Trinajstić information content (AvgIpc) is 2.31. The lowest BCUT2D eigenvalue weighted by molar-refractivity contribution is -0.137. The lowest BCUT2D eigenvalue weighted by Gasteiger charge is -2.21. The summed E-state index contributed by atoms with van der Waals surface area (Å²) >= 11 is 0. The van der Waals surface area contributed by atoms with Crippen molar-refractivity contribution in [2.75, 3.05) is 20.2 Å². The number of carbonyl (C=O) groups excluding carboxylic acids is 1. The standard InChI is InChI=1S/C12H17NO4/c1-9(12(16)13(2)7-8-14)17-11-5-3-10(15)4-6-11/h3-6,9,14-15H,7-8H2,1-2H3. The highest BCUT2D eigenvalue weighted by molar-refractivity contribution is 5.80. The Morgan fingerprint density at radius 3 is 2.53 bits per heavy atom. The van der Waals surface area contributed by atoms with Crippen molar-refractivity contribution in [2.45, 2.75) is 13.0 Å². The second-order valence-electron chi connectivity index (χ2n) is 3.74. The zero-order chi connectivity index (χ0) is 12.8. The Morgan fingerprint density at radius 2 is 2.00 bits per heavy atom. The Morgan fingerprint density at radius 1 is 1.41 bits per heavy atom. The largest absolute Gasteiger partial charge is 0.508 e. The third-order valence-corrected chi connectivity index (χ3v) is 2.31. The van der Waals surface area contributed by atoms with E-state index < -0.39 is 6.10 Å². The predicted molar refractivity (Wildman–Crippen MR) is 62.9 cm³/mol. The van der Waals surface area contributed by atoms with Crippen molar-refractivity contribution in [1.29, 1.82) is 0 Å². The molecule has 0 saturated heterocycles. The van der Waals surface area contributed by atoms with E-state index in [2.05, 4.69) is 0 Å². The average molecular weight is 239 g/mol. The summed E-state index contributed by atoms with van der Waals surface area (Å²) in [5, 5.41) is 17.8. The van der Waals surface area contributed by atoms with Crippen LogP contribution in [0.4, 0.5) is 0 Å². The van der Waals surface area contributed by atoms with Gasteiger partial charge in [0.15, 0.2) is 6.10 Å².